The van der Waals surface area contributed by atoms with E-state index in [2.05, 4.69) is 10.2 Å². The summed E-state index contributed by atoms with van der Waals surface area (Å²) in [7, 11) is 0. The lowest BCUT2D eigenvalue weighted by Crippen LogP contribution is -2.36. The Hall–Kier alpha value is -2.82. The Bertz CT molecular complexity index is 780. The molecule has 136 valence electrons. The Balaban J connectivity index is 1.64. The van der Waals surface area contributed by atoms with Gasteiger partial charge in [0.1, 0.15) is 6.54 Å². The first kappa shape index (κ1) is 18.0. The van der Waals surface area contributed by atoms with E-state index in [1.807, 2.05) is 55.5 Å². The van der Waals surface area contributed by atoms with E-state index in [0.717, 1.165) is 30.0 Å². The summed E-state index contributed by atoms with van der Waals surface area (Å²) in [6.07, 6.45) is 2.47. The van der Waals surface area contributed by atoms with Crippen molar-refractivity contribution in [1.82, 2.24) is 0 Å². The van der Waals surface area contributed by atoms with Crippen LogP contribution in [0.1, 0.15) is 25.3 Å². The van der Waals surface area contributed by atoms with E-state index in [0.29, 0.717) is 0 Å². The zero-order chi connectivity index (χ0) is 18.5. The molecule has 0 spiro atoms. The number of hydrogen-bond acceptors (Lipinski definition) is 3. The maximum atomic E-state index is 12.4. The lowest BCUT2D eigenvalue weighted by atomic mass is 10.2. The molecule has 2 aromatic carbocycles. The van der Waals surface area contributed by atoms with Crippen molar-refractivity contribution in [3.63, 3.8) is 0 Å². The monoisotopic (exact) mass is 351 g/mol. The van der Waals surface area contributed by atoms with E-state index in [1.54, 1.807) is 0 Å². The number of benzene rings is 2. The summed E-state index contributed by atoms with van der Waals surface area (Å²) >= 11 is 0. The molecule has 1 aliphatic rings. The molecule has 0 bridgehead atoms. The molecule has 1 aliphatic heterocycles. The van der Waals surface area contributed by atoms with Gasteiger partial charge in [0.05, 0.1) is 0 Å². The number of rotatable bonds is 5. The lowest BCUT2D eigenvalue weighted by Gasteiger charge is -2.21. The summed E-state index contributed by atoms with van der Waals surface area (Å²) in [5.74, 6) is -0.370. The molecule has 5 nitrogen and oxygen atoms in total. The average Bonchev–Trinajstić information content (AvgIpc) is 3.15. The summed E-state index contributed by atoms with van der Waals surface area (Å²) in [6, 6.07) is 15.5. The second-order valence-corrected chi connectivity index (χ2v) is 6.73. The van der Waals surface area contributed by atoms with Crippen molar-refractivity contribution in [2.75, 3.05) is 34.8 Å². The van der Waals surface area contributed by atoms with E-state index < -0.39 is 0 Å². The predicted molar refractivity (Wildman–Crippen MR) is 106 cm³/mol. The third-order valence-electron chi connectivity index (χ3n) is 4.62. The fraction of sp³-hybridized carbons (Fsp3) is 0.333. The van der Waals surface area contributed by atoms with E-state index in [9.17, 15) is 9.59 Å². The maximum absolute atomic E-state index is 12.4. The number of nitrogens with one attached hydrogen (secondary N) is 1. The third kappa shape index (κ3) is 4.42. The molecule has 0 aliphatic carbocycles. The molecule has 1 N–H and O–H groups in total. The molecule has 1 heterocycles. The maximum Gasteiger partial charge on any atom is 0.244 e. The van der Waals surface area contributed by atoms with Crippen LogP contribution in [0.5, 0.6) is 0 Å². The van der Waals surface area contributed by atoms with E-state index in [-0.39, 0.29) is 18.4 Å². The third-order valence-corrected chi connectivity index (χ3v) is 4.62. The molecule has 0 radical (unpaired) electrons. The highest BCUT2D eigenvalue weighted by atomic mass is 16.2. The van der Waals surface area contributed by atoms with Gasteiger partial charge in [-0.3, -0.25) is 9.59 Å². The zero-order valence-corrected chi connectivity index (χ0v) is 15.4. The fourth-order valence-electron chi connectivity index (χ4n) is 3.26. The van der Waals surface area contributed by atoms with Crippen LogP contribution in [0.3, 0.4) is 0 Å². The van der Waals surface area contributed by atoms with Gasteiger partial charge in [0.25, 0.3) is 0 Å². The molecule has 1 fully saturated rings. The van der Waals surface area contributed by atoms with Crippen LogP contribution in [0.4, 0.5) is 17.1 Å². The molecule has 0 atom stereocenters. The highest BCUT2D eigenvalue weighted by Gasteiger charge is 2.16. The number of carbonyl (C=O) groups is 2. The second kappa shape index (κ2) is 8.04. The molecule has 26 heavy (non-hydrogen) atoms. The Morgan fingerprint density at radius 1 is 1.08 bits per heavy atom. The van der Waals surface area contributed by atoms with Crippen molar-refractivity contribution in [3.8, 4) is 0 Å². The van der Waals surface area contributed by atoms with Gasteiger partial charge in [0.15, 0.2) is 0 Å². The Morgan fingerprint density at radius 3 is 2.38 bits per heavy atom. The van der Waals surface area contributed by atoms with Crippen molar-refractivity contribution in [2.24, 2.45) is 0 Å². The summed E-state index contributed by atoms with van der Waals surface area (Å²) in [5.41, 5.74) is 3.71. The average molecular weight is 351 g/mol. The van der Waals surface area contributed by atoms with Crippen LogP contribution < -0.4 is 15.1 Å². The molecule has 5 heteroatoms. The topological polar surface area (TPSA) is 52.7 Å². The van der Waals surface area contributed by atoms with Gasteiger partial charge in [-0.15, -0.1) is 0 Å². The van der Waals surface area contributed by atoms with Gasteiger partial charge in [0, 0.05) is 37.1 Å². The van der Waals surface area contributed by atoms with Crippen molar-refractivity contribution >= 4 is 28.9 Å². The van der Waals surface area contributed by atoms with Crippen LogP contribution >= 0.6 is 0 Å². The number of hydrogen-bond donors (Lipinski definition) is 1. The van der Waals surface area contributed by atoms with Crippen molar-refractivity contribution < 1.29 is 9.59 Å². The van der Waals surface area contributed by atoms with Crippen molar-refractivity contribution in [3.05, 3.63) is 54.1 Å². The Morgan fingerprint density at radius 2 is 1.77 bits per heavy atom. The van der Waals surface area contributed by atoms with Gasteiger partial charge in [0.2, 0.25) is 11.8 Å². The molecule has 2 amide bonds. The first-order valence-electron chi connectivity index (χ1n) is 9.02. The van der Waals surface area contributed by atoms with Crippen molar-refractivity contribution in [2.45, 2.75) is 26.7 Å². The summed E-state index contributed by atoms with van der Waals surface area (Å²) in [5, 5.41) is 2.88. The molecule has 0 aromatic heterocycles. The molecule has 1 saturated heterocycles. The van der Waals surface area contributed by atoms with E-state index in [1.165, 1.54) is 30.4 Å². The van der Waals surface area contributed by atoms with Crippen LogP contribution in [0.25, 0.3) is 0 Å². The second-order valence-electron chi connectivity index (χ2n) is 6.73. The number of nitrogens with zero attached hydrogens (tertiary/aromatic N) is 2. The van der Waals surface area contributed by atoms with Gasteiger partial charge >= 0.3 is 0 Å². The Kier molecular flexibility index (Phi) is 5.56. The Labute approximate surface area is 154 Å². The standard InChI is InChI=1S/C21H25N3O2/c1-16-6-5-7-20(14-16)24(17(2)25)15-21(26)22-18-8-10-19(11-9-18)23-12-3-4-13-23/h5-11,14H,3-4,12-13,15H2,1-2H3,(H,22,26). The van der Waals surface area contributed by atoms with Crippen molar-refractivity contribution in [1.29, 1.82) is 0 Å². The molecular weight excluding hydrogens is 326 g/mol. The zero-order valence-electron chi connectivity index (χ0n) is 15.4. The van der Waals surface area contributed by atoms with Crippen LogP contribution in [0.15, 0.2) is 48.5 Å². The minimum Gasteiger partial charge on any atom is -0.372 e. The van der Waals surface area contributed by atoms with Gasteiger partial charge in [-0.2, -0.15) is 0 Å². The molecular formula is C21H25N3O2. The summed E-state index contributed by atoms with van der Waals surface area (Å²) in [4.78, 5) is 28.2. The molecule has 0 unspecified atom stereocenters. The normalized spacial score (nSPS) is 13.5. The van der Waals surface area contributed by atoms with Crippen LogP contribution in [0.2, 0.25) is 0 Å². The van der Waals surface area contributed by atoms with Crippen LogP contribution in [0, 0.1) is 6.92 Å². The number of carbonyl (C=O) groups excluding carboxylic acids is 2. The highest BCUT2D eigenvalue weighted by Crippen LogP contribution is 2.22. The predicted octanol–water partition coefficient (Wildman–Crippen LogP) is 3.59. The van der Waals surface area contributed by atoms with Gasteiger partial charge in [-0.1, -0.05) is 12.1 Å². The fourth-order valence-corrected chi connectivity index (χ4v) is 3.26. The first-order chi connectivity index (χ1) is 12.5. The van der Waals surface area contributed by atoms with Crippen LogP contribution in [-0.2, 0) is 9.59 Å². The van der Waals surface area contributed by atoms with Gasteiger partial charge in [-0.05, 0) is 61.7 Å². The van der Waals surface area contributed by atoms with Gasteiger partial charge < -0.3 is 15.1 Å². The number of amides is 2. The summed E-state index contributed by atoms with van der Waals surface area (Å²) < 4.78 is 0. The quantitative estimate of drug-likeness (QED) is 0.896. The number of aryl methyl sites for hydroxylation is 1. The number of anilines is 3. The van der Waals surface area contributed by atoms with E-state index >= 15 is 0 Å². The minimum atomic E-state index is -0.212. The summed E-state index contributed by atoms with van der Waals surface area (Å²) in [6.45, 7) is 5.61. The smallest absolute Gasteiger partial charge is 0.244 e. The largest absolute Gasteiger partial charge is 0.372 e. The highest BCUT2D eigenvalue weighted by molar-refractivity contribution is 6.01. The van der Waals surface area contributed by atoms with Gasteiger partial charge in [-0.25, -0.2) is 0 Å². The lowest BCUT2D eigenvalue weighted by molar-refractivity contribution is -0.120. The van der Waals surface area contributed by atoms with E-state index in [4.69, 9.17) is 0 Å². The minimum absolute atomic E-state index is 0.00728. The molecule has 0 saturated carbocycles. The molecule has 3 rings (SSSR count). The first-order valence-corrected chi connectivity index (χ1v) is 9.02. The van der Waals surface area contributed by atoms with Crippen LogP contribution in [-0.4, -0.2) is 31.4 Å². The molecule has 2 aromatic rings. The SMILES string of the molecule is CC(=O)N(CC(=O)Nc1ccc(N2CCCC2)cc1)c1cccc(C)c1.